The Morgan fingerprint density at radius 3 is 2.22 bits per heavy atom. The second-order valence-corrected chi connectivity index (χ2v) is 7.08. The standard InChI is InChI=1S/C21H17F6NO4/c1-11(18(29)28-16-6-7-31-17-5-3-2-4-15(16)17)32-19(30)12-8-13(20(22,23)24)10-14(9-12)21(25,26)27/h2-5,8-11,16H,6-7H2,1H3,(H,28,29). The van der Waals surface area contributed by atoms with Crippen LogP contribution >= 0.6 is 0 Å². The van der Waals surface area contributed by atoms with E-state index in [1.54, 1.807) is 24.3 Å². The summed E-state index contributed by atoms with van der Waals surface area (Å²) in [5.74, 6) is -1.68. The summed E-state index contributed by atoms with van der Waals surface area (Å²) in [6.07, 6.45) is -11.3. The zero-order valence-electron chi connectivity index (χ0n) is 16.5. The molecule has 0 saturated heterocycles. The van der Waals surface area contributed by atoms with Crippen molar-refractivity contribution in [3.05, 3.63) is 64.7 Å². The quantitative estimate of drug-likeness (QED) is 0.519. The van der Waals surface area contributed by atoms with Gasteiger partial charge in [-0.1, -0.05) is 18.2 Å². The van der Waals surface area contributed by atoms with Crippen molar-refractivity contribution in [3.8, 4) is 5.75 Å². The van der Waals surface area contributed by atoms with Crippen molar-refractivity contribution >= 4 is 11.9 Å². The predicted octanol–water partition coefficient (Wildman–Crippen LogP) is 4.91. The van der Waals surface area contributed by atoms with Crippen LogP contribution in [0.25, 0.3) is 0 Å². The number of esters is 1. The summed E-state index contributed by atoms with van der Waals surface area (Å²) < 4.78 is 88.2. The summed E-state index contributed by atoms with van der Waals surface area (Å²) in [5.41, 5.74) is -3.59. The van der Waals surface area contributed by atoms with Crippen LogP contribution in [0.1, 0.15) is 46.4 Å². The monoisotopic (exact) mass is 461 g/mol. The number of amides is 1. The van der Waals surface area contributed by atoms with Crippen LogP contribution in [-0.2, 0) is 21.9 Å². The highest BCUT2D eigenvalue weighted by Gasteiger charge is 2.38. The zero-order valence-corrected chi connectivity index (χ0v) is 16.5. The second-order valence-electron chi connectivity index (χ2n) is 7.08. The Morgan fingerprint density at radius 2 is 1.62 bits per heavy atom. The third-order valence-corrected chi connectivity index (χ3v) is 4.75. The molecule has 0 aliphatic carbocycles. The van der Waals surface area contributed by atoms with E-state index in [0.29, 0.717) is 24.3 Å². The molecule has 2 unspecified atom stereocenters. The molecule has 11 heteroatoms. The van der Waals surface area contributed by atoms with Gasteiger partial charge in [0.25, 0.3) is 5.91 Å². The van der Waals surface area contributed by atoms with E-state index in [1.807, 2.05) is 0 Å². The molecule has 0 fully saturated rings. The van der Waals surface area contributed by atoms with Gasteiger partial charge in [0.05, 0.1) is 29.3 Å². The largest absolute Gasteiger partial charge is 0.493 e. The number of halogens is 6. The molecule has 0 aromatic heterocycles. The fourth-order valence-electron chi connectivity index (χ4n) is 3.14. The van der Waals surface area contributed by atoms with Gasteiger partial charge in [-0.25, -0.2) is 4.79 Å². The van der Waals surface area contributed by atoms with E-state index in [-0.39, 0.29) is 18.2 Å². The van der Waals surface area contributed by atoms with Crippen LogP contribution < -0.4 is 10.1 Å². The normalized spacial score (nSPS) is 17.0. The van der Waals surface area contributed by atoms with E-state index < -0.39 is 53.1 Å². The van der Waals surface area contributed by atoms with Gasteiger partial charge in [0.1, 0.15) is 5.75 Å². The van der Waals surface area contributed by atoms with Gasteiger partial charge in [-0.05, 0) is 31.2 Å². The Balaban J connectivity index is 1.75. The number of ether oxygens (including phenoxy) is 2. The summed E-state index contributed by atoms with van der Waals surface area (Å²) in [7, 11) is 0. The van der Waals surface area contributed by atoms with Crippen LogP contribution in [0.4, 0.5) is 26.3 Å². The molecule has 1 aliphatic rings. The molecule has 3 rings (SSSR count). The Labute approximate surface area is 178 Å². The van der Waals surface area contributed by atoms with Gasteiger partial charge < -0.3 is 14.8 Å². The Hall–Kier alpha value is -3.24. The fourth-order valence-corrected chi connectivity index (χ4v) is 3.14. The number of benzene rings is 2. The van der Waals surface area contributed by atoms with Gasteiger partial charge in [-0.2, -0.15) is 26.3 Å². The maximum atomic E-state index is 13.0. The molecule has 0 saturated carbocycles. The molecule has 5 nitrogen and oxygen atoms in total. The summed E-state index contributed by atoms with van der Waals surface area (Å²) in [4.78, 5) is 24.7. The van der Waals surface area contributed by atoms with Crippen molar-refractivity contribution in [1.29, 1.82) is 0 Å². The van der Waals surface area contributed by atoms with Gasteiger partial charge in [0.15, 0.2) is 6.10 Å². The highest BCUT2D eigenvalue weighted by atomic mass is 19.4. The third-order valence-electron chi connectivity index (χ3n) is 4.75. The lowest BCUT2D eigenvalue weighted by Gasteiger charge is -2.27. The molecule has 1 N–H and O–H groups in total. The van der Waals surface area contributed by atoms with Gasteiger partial charge in [0.2, 0.25) is 0 Å². The molecule has 2 atom stereocenters. The van der Waals surface area contributed by atoms with Crippen molar-refractivity contribution in [2.75, 3.05) is 6.61 Å². The number of rotatable bonds is 4. The molecular formula is C21H17F6NO4. The van der Waals surface area contributed by atoms with Crippen LogP contribution in [0.2, 0.25) is 0 Å². The maximum absolute atomic E-state index is 13.0. The summed E-state index contributed by atoms with van der Waals surface area (Å²) in [6.45, 7) is 1.48. The lowest BCUT2D eigenvalue weighted by molar-refractivity contribution is -0.143. The van der Waals surface area contributed by atoms with Crippen LogP contribution in [0, 0.1) is 0 Å². The first-order valence-electron chi connectivity index (χ1n) is 9.39. The maximum Gasteiger partial charge on any atom is 0.416 e. The van der Waals surface area contributed by atoms with E-state index in [1.165, 1.54) is 0 Å². The fraction of sp³-hybridized carbons (Fsp3) is 0.333. The number of fused-ring (bicyclic) bond motifs is 1. The summed E-state index contributed by atoms with van der Waals surface area (Å²) in [6, 6.07) is 6.86. The molecular weight excluding hydrogens is 444 g/mol. The molecule has 172 valence electrons. The highest BCUT2D eigenvalue weighted by Crippen LogP contribution is 2.36. The lowest BCUT2D eigenvalue weighted by Crippen LogP contribution is -2.39. The number of para-hydroxylation sites is 1. The summed E-state index contributed by atoms with van der Waals surface area (Å²) >= 11 is 0. The third kappa shape index (κ3) is 5.32. The minimum absolute atomic E-state index is 0.102. The minimum Gasteiger partial charge on any atom is -0.493 e. The molecule has 1 aliphatic heterocycles. The van der Waals surface area contributed by atoms with E-state index in [9.17, 15) is 35.9 Å². The first kappa shape index (κ1) is 23.4. The predicted molar refractivity (Wildman–Crippen MR) is 98.8 cm³/mol. The SMILES string of the molecule is CC(OC(=O)c1cc(C(F)(F)F)cc(C(F)(F)F)c1)C(=O)NC1CCOc2ccccc21. The van der Waals surface area contributed by atoms with Gasteiger partial charge in [-0.3, -0.25) is 4.79 Å². The van der Waals surface area contributed by atoms with Gasteiger partial charge in [0, 0.05) is 12.0 Å². The number of alkyl halides is 6. The number of hydrogen-bond donors (Lipinski definition) is 1. The summed E-state index contributed by atoms with van der Waals surface area (Å²) in [5, 5.41) is 2.65. The van der Waals surface area contributed by atoms with E-state index in [2.05, 4.69) is 5.32 Å². The Morgan fingerprint density at radius 1 is 1.03 bits per heavy atom. The number of carbonyl (C=O) groups excluding carboxylic acids is 2. The van der Waals surface area contributed by atoms with E-state index in [4.69, 9.17) is 9.47 Å². The average Bonchev–Trinajstić information content (AvgIpc) is 2.72. The lowest BCUT2D eigenvalue weighted by atomic mass is 10.0. The molecule has 0 radical (unpaired) electrons. The topological polar surface area (TPSA) is 64.6 Å². The van der Waals surface area contributed by atoms with Crippen LogP contribution in [0.3, 0.4) is 0 Å². The van der Waals surface area contributed by atoms with Crippen LogP contribution in [0.15, 0.2) is 42.5 Å². The second kappa shape index (κ2) is 8.71. The highest BCUT2D eigenvalue weighted by molar-refractivity contribution is 5.92. The molecule has 1 heterocycles. The van der Waals surface area contributed by atoms with E-state index in [0.717, 1.165) is 6.92 Å². The van der Waals surface area contributed by atoms with E-state index >= 15 is 0 Å². The van der Waals surface area contributed by atoms with Crippen molar-refractivity contribution in [1.82, 2.24) is 5.32 Å². The molecule has 2 aromatic carbocycles. The molecule has 1 amide bonds. The smallest absolute Gasteiger partial charge is 0.416 e. The van der Waals surface area contributed by atoms with Crippen molar-refractivity contribution in [3.63, 3.8) is 0 Å². The number of nitrogens with one attached hydrogen (secondary N) is 1. The van der Waals surface area contributed by atoms with Gasteiger partial charge >= 0.3 is 18.3 Å². The number of carbonyl (C=O) groups is 2. The molecule has 32 heavy (non-hydrogen) atoms. The van der Waals surface area contributed by atoms with Gasteiger partial charge in [-0.15, -0.1) is 0 Å². The molecule has 0 bridgehead atoms. The van der Waals surface area contributed by atoms with Crippen molar-refractivity contribution in [2.24, 2.45) is 0 Å². The number of hydrogen-bond acceptors (Lipinski definition) is 4. The first-order valence-corrected chi connectivity index (χ1v) is 9.39. The molecule has 0 spiro atoms. The average molecular weight is 461 g/mol. The van der Waals surface area contributed by atoms with Crippen LogP contribution in [-0.4, -0.2) is 24.6 Å². The first-order chi connectivity index (χ1) is 14.9. The van der Waals surface area contributed by atoms with Crippen LogP contribution in [0.5, 0.6) is 5.75 Å². The molecule has 2 aromatic rings. The minimum atomic E-state index is -5.12. The van der Waals surface area contributed by atoms with Crippen molar-refractivity contribution < 1.29 is 45.4 Å². The van der Waals surface area contributed by atoms with Crippen molar-refractivity contribution in [2.45, 2.75) is 37.8 Å². The zero-order chi connectivity index (χ0) is 23.7. The Bertz CT molecular complexity index is 986. The Kier molecular flexibility index (Phi) is 6.38.